The van der Waals surface area contributed by atoms with Gasteiger partial charge in [-0.1, -0.05) is 30.3 Å². The molecule has 2 atom stereocenters. The summed E-state index contributed by atoms with van der Waals surface area (Å²) in [5.74, 6) is 0.307. The Morgan fingerprint density at radius 1 is 1.25 bits per heavy atom. The molecule has 0 saturated carbocycles. The van der Waals surface area contributed by atoms with Gasteiger partial charge in [0.2, 0.25) is 0 Å². The molecule has 0 N–H and O–H groups in total. The molecule has 0 radical (unpaired) electrons. The van der Waals surface area contributed by atoms with Crippen LogP contribution in [0.3, 0.4) is 0 Å². The molecule has 0 bridgehead atoms. The third-order valence-electron chi connectivity index (χ3n) is 3.46. The average Bonchev–Trinajstić information content (AvgIpc) is 3.03. The van der Waals surface area contributed by atoms with Crippen LogP contribution in [0.1, 0.15) is 19.4 Å². The van der Waals surface area contributed by atoms with Crippen molar-refractivity contribution in [1.82, 2.24) is 0 Å². The molecular formula is C16H20O4. The summed E-state index contributed by atoms with van der Waals surface area (Å²) in [4.78, 5) is 0. The predicted octanol–water partition coefficient (Wildman–Crippen LogP) is 2.64. The topological polar surface area (TPSA) is 36.9 Å². The smallest absolute Gasteiger partial charge is 0.163 e. The Bertz CT molecular complexity index is 481. The van der Waals surface area contributed by atoms with Gasteiger partial charge in [0.1, 0.15) is 24.6 Å². The van der Waals surface area contributed by atoms with Crippen molar-refractivity contribution in [3.8, 4) is 0 Å². The molecule has 108 valence electrons. The number of ether oxygens (including phenoxy) is 4. The lowest BCUT2D eigenvalue weighted by Gasteiger charge is -2.22. The zero-order chi connectivity index (χ0) is 14.0. The van der Waals surface area contributed by atoms with E-state index in [1.807, 2.05) is 50.3 Å². The normalized spacial score (nSPS) is 28.4. The fourth-order valence-electron chi connectivity index (χ4n) is 2.47. The first kappa shape index (κ1) is 13.6. The molecule has 0 unspecified atom stereocenters. The molecule has 4 heteroatoms. The van der Waals surface area contributed by atoms with E-state index in [0.29, 0.717) is 19.8 Å². The SMILES string of the molecule is CC1(C)OC[C@H]([C@@H]2OCC=C2OCc2ccccc2)O1. The largest absolute Gasteiger partial charge is 0.491 e. The molecule has 0 amide bonds. The van der Waals surface area contributed by atoms with Gasteiger partial charge in [-0.25, -0.2) is 0 Å². The van der Waals surface area contributed by atoms with Gasteiger partial charge in [0.15, 0.2) is 5.79 Å². The molecular weight excluding hydrogens is 256 g/mol. The highest BCUT2D eigenvalue weighted by molar-refractivity contribution is 5.15. The van der Waals surface area contributed by atoms with Crippen LogP contribution in [0.4, 0.5) is 0 Å². The molecule has 4 nitrogen and oxygen atoms in total. The fraction of sp³-hybridized carbons (Fsp3) is 0.500. The molecule has 20 heavy (non-hydrogen) atoms. The molecule has 2 heterocycles. The lowest BCUT2D eigenvalue weighted by Crippen LogP contribution is -2.32. The number of benzene rings is 1. The highest BCUT2D eigenvalue weighted by atomic mass is 16.8. The van der Waals surface area contributed by atoms with Crippen LogP contribution in [0.5, 0.6) is 0 Å². The Labute approximate surface area is 119 Å². The van der Waals surface area contributed by atoms with Gasteiger partial charge < -0.3 is 18.9 Å². The van der Waals surface area contributed by atoms with Crippen LogP contribution in [-0.2, 0) is 25.6 Å². The number of hydrogen-bond acceptors (Lipinski definition) is 4. The summed E-state index contributed by atoms with van der Waals surface area (Å²) in [5.41, 5.74) is 1.14. The van der Waals surface area contributed by atoms with Gasteiger partial charge >= 0.3 is 0 Å². The molecule has 0 spiro atoms. The van der Waals surface area contributed by atoms with Crippen LogP contribution >= 0.6 is 0 Å². The van der Waals surface area contributed by atoms with Gasteiger partial charge in [-0.3, -0.25) is 0 Å². The molecule has 1 fully saturated rings. The van der Waals surface area contributed by atoms with E-state index in [-0.39, 0.29) is 12.2 Å². The third-order valence-corrected chi connectivity index (χ3v) is 3.46. The van der Waals surface area contributed by atoms with Crippen molar-refractivity contribution < 1.29 is 18.9 Å². The monoisotopic (exact) mass is 276 g/mol. The van der Waals surface area contributed by atoms with Gasteiger partial charge in [0, 0.05) is 0 Å². The fourth-order valence-corrected chi connectivity index (χ4v) is 2.47. The Kier molecular flexibility index (Phi) is 3.78. The van der Waals surface area contributed by atoms with Crippen molar-refractivity contribution in [2.75, 3.05) is 13.2 Å². The summed E-state index contributed by atoms with van der Waals surface area (Å²) in [5, 5.41) is 0. The maximum atomic E-state index is 5.88. The molecule has 3 rings (SSSR count). The lowest BCUT2D eigenvalue weighted by molar-refractivity contribution is -0.153. The molecule has 2 aliphatic heterocycles. The van der Waals surface area contributed by atoms with Crippen molar-refractivity contribution in [2.45, 2.75) is 38.4 Å². The summed E-state index contributed by atoms with van der Waals surface area (Å²) in [6, 6.07) is 10.1. The maximum absolute atomic E-state index is 5.88. The first-order valence-corrected chi connectivity index (χ1v) is 6.94. The van der Waals surface area contributed by atoms with Crippen LogP contribution in [0.25, 0.3) is 0 Å². The van der Waals surface area contributed by atoms with E-state index in [4.69, 9.17) is 18.9 Å². The van der Waals surface area contributed by atoms with Crippen LogP contribution in [-0.4, -0.2) is 31.2 Å². The highest BCUT2D eigenvalue weighted by Crippen LogP contribution is 2.30. The van der Waals surface area contributed by atoms with Gasteiger partial charge in [-0.05, 0) is 25.5 Å². The number of hydrogen-bond donors (Lipinski definition) is 0. The Morgan fingerprint density at radius 3 is 2.75 bits per heavy atom. The molecule has 1 saturated heterocycles. The first-order valence-electron chi connectivity index (χ1n) is 6.94. The summed E-state index contributed by atoms with van der Waals surface area (Å²) in [6.45, 7) is 5.47. The standard InChI is InChI=1S/C16H20O4/c1-16(2)19-11-14(20-16)15-13(8-9-17-15)18-10-12-6-4-3-5-7-12/h3-8,14-15H,9-11H2,1-2H3/t14-,15-/m1/s1. The van der Waals surface area contributed by atoms with Gasteiger partial charge in [-0.15, -0.1) is 0 Å². The van der Waals surface area contributed by atoms with Crippen molar-refractivity contribution in [3.05, 3.63) is 47.7 Å². The molecule has 0 aliphatic carbocycles. The summed E-state index contributed by atoms with van der Waals surface area (Å²) >= 11 is 0. The Hall–Kier alpha value is -1.36. The van der Waals surface area contributed by atoms with E-state index in [9.17, 15) is 0 Å². The summed E-state index contributed by atoms with van der Waals surface area (Å²) in [7, 11) is 0. The molecule has 2 aliphatic rings. The van der Waals surface area contributed by atoms with Gasteiger partial charge in [0.25, 0.3) is 0 Å². The van der Waals surface area contributed by atoms with E-state index >= 15 is 0 Å². The second-order valence-corrected chi connectivity index (χ2v) is 5.50. The summed E-state index contributed by atoms with van der Waals surface area (Å²) < 4.78 is 23.0. The minimum atomic E-state index is -0.541. The second-order valence-electron chi connectivity index (χ2n) is 5.50. The van der Waals surface area contributed by atoms with Crippen LogP contribution in [0.15, 0.2) is 42.2 Å². The predicted molar refractivity (Wildman–Crippen MR) is 74.0 cm³/mol. The molecule has 1 aromatic rings. The molecule has 1 aromatic carbocycles. The van der Waals surface area contributed by atoms with E-state index in [1.165, 1.54) is 0 Å². The minimum absolute atomic E-state index is 0.102. The van der Waals surface area contributed by atoms with E-state index < -0.39 is 5.79 Å². The maximum Gasteiger partial charge on any atom is 0.163 e. The zero-order valence-electron chi connectivity index (χ0n) is 11.9. The first-order chi connectivity index (χ1) is 9.64. The van der Waals surface area contributed by atoms with Gasteiger partial charge in [0.05, 0.1) is 13.2 Å². The zero-order valence-corrected chi connectivity index (χ0v) is 11.9. The summed E-state index contributed by atoms with van der Waals surface area (Å²) in [6.07, 6.45) is 1.71. The van der Waals surface area contributed by atoms with Crippen LogP contribution < -0.4 is 0 Å². The van der Waals surface area contributed by atoms with Crippen LogP contribution in [0.2, 0.25) is 0 Å². The third kappa shape index (κ3) is 3.03. The van der Waals surface area contributed by atoms with E-state index in [1.54, 1.807) is 0 Å². The Balaban J connectivity index is 1.59. The average molecular weight is 276 g/mol. The van der Waals surface area contributed by atoms with Crippen molar-refractivity contribution in [3.63, 3.8) is 0 Å². The quantitative estimate of drug-likeness (QED) is 0.847. The van der Waals surface area contributed by atoms with Crippen LogP contribution in [0, 0.1) is 0 Å². The van der Waals surface area contributed by atoms with Crippen molar-refractivity contribution >= 4 is 0 Å². The minimum Gasteiger partial charge on any atom is -0.491 e. The van der Waals surface area contributed by atoms with E-state index in [0.717, 1.165) is 11.3 Å². The Morgan fingerprint density at radius 2 is 2.05 bits per heavy atom. The number of rotatable bonds is 4. The second kappa shape index (κ2) is 5.56. The lowest BCUT2D eigenvalue weighted by atomic mass is 10.2. The molecule has 0 aromatic heterocycles. The van der Waals surface area contributed by atoms with E-state index in [2.05, 4.69) is 0 Å². The van der Waals surface area contributed by atoms with Crippen molar-refractivity contribution in [1.29, 1.82) is 0 Å². The van der Waals surface area contributed by atoms with Crippen molar-refractivity contribution in [2.24, 2.45) is 0 Å². The highest BCUT2D eigenvalue weighted by Gasteiger charge is 2.41. The van der Waals surface area contributed by atoms with Gasteiger partial charge in [-0.2, -0.15) is 0 Å².